The summed E-state index contributed by atoms with van der Waals surface area (Å²) in [5.41, 5.74) is 30.6. The van der Waals surface area contributed by atoms with Crippen molar-refractivity contribution in [2.45, 2.75) is 19.3 Å². The van der Waals surface area contributed by atoms with Crippen LogP contribution < -0.4 is 0 Å². The number of thiophene rings is 1. The number of benzene rings is 19. The van der Waals surface area contributed by atoms with E-state index in [1.807, 2.05) is 59.9 Å². The van der Waals surface area contributed by atoms with Crippen molar-refractivity contribution in [3.63, 3.8) is 0 Å². The smallest absolute Gasteiger partial charge is 0.189 e. The monoisotopic (exact) mass is 1670 g/mol. The normalized spacial score (nSPS) is 12.1. The molecule has 25 aromatic rings. The van der Waals surface area contributed by atoms with Crippen molar-refractivity contribution in [2.24, 2.45) is 28.2 Å². The number of aryl methyl sites for hydroxylation is 4. The molecule has 19 aromatic carbocycles. The van der Waals surface area contributed by atoms with Crippen molar-refractivity contribution >= 4 is 190 Å². The van der Waals surface area contributed by atoms with Crippen molar-refractivity contribution in [3.05, 3.63) is 421 Å². The first kappa shape index (κ1) is 77.0. The first-order chi connectivity index (χ1) is 63.2. The van der Waals surface area contributed by atoms with E-state index < -0.39 is 0 Å². The van der Waals surface area contributed by atoms with Crippen LogP contribution in [0.5, 0.6) is 0 Å². The topological polar surface area (TPSA) is 61.5 Å². The van der Waals surface area contributed by atoms with Gasteiger partial charge in [-0.15, -0.1) is 11.3 Å². The third-order valence-corrected chi connectivity index (χ3v) is 28.4. The van der Waals surface area contributed by atoms with E-state index in [-0.39, 0.29) is 5.41 Å². The highest BCUT2D eigenvalue weighted by molar-refractivity contribution is 7.25. The van der Waals surface area contributed by atoms with E-state index in [0.29, 0.717) is 22.6 Å². The minimum absolute atomic E-state index is 0.00395. The molecule has 129 heavy (non-hydrogen) atoms. The summed E-state index contributed by atoms with van der Waals surface area (Å²) >= 11 is 1.85. The van der Waals surface area contributed by atoms with Crippen molar-refractivity contribution < 1.29 is 0 Å². The fraction of sp³-hybridized carbons (Fsp3) is 0.0588. The van der Waals surface area contributed by atoms with Gasteiger partial charge in [-0.1, -0.05) is 238 Å². The number of aromatic nitrogens is 5. The number of nitrogens with zero attached hydrogens (tertiary/aromatic N) is 9. The molecule has 26 rings (SSSR count). The zero-order chi connectivity index (χ0) is 87.2. The van der Waals surface area contributed by atoms with Crippen LogP contribution in [0.25, 0.3) is 237 Å². The van der Waals surface area contributed by atoms with Crippen molar-refractivity contribution in [2.75, 3.05) is 0 Å². The lowest BCUT2D eigenvalue weighted by Crippen LogP contribution is -2.14. The Morgan fingerprint density at radius 3 is 1.13 bits per heavy atom. The lowest BCUT2D eigenvalue weighted by atomic mass is 9.81. The van der Waals surface area contributed by atoms with Gasteiger partial charge in [0.2, 0.25) is 0 Å². The van der Waals surface area contributed by atoms with E-state index in [9.17, 15) is 5.26 Å². The van der Waals surface area contributed by atoms with Crippen LogP contribution in [0, 0.1) is 31.0 Å². The molecule has 0 amide bonds. The third-order valence-electron chi connectivity index (χ3n) is 27.2. The first-order valence-electron chi connectivity index (χ1n) is 43.4. The molecule has 0 aliphatic heterocycles. The van der Waals surface area contributed by atoms with Crippen molar-refractivity contribution in [1.29, 1.82) is 5.26 Å². The number of fused-ring (bicyclic) bond motifs is 27. The highest BCUT2D eigenvalue weighted by Crippen LogP contribution is 2.51. The minimum Gasteiger partial charge on any atom is -0.345 e. The second-order valence-corrected chi connectivity index (χ2v) is 35.5. The molecule has 0 bridgehead atoms. The maximum Gasteiger partial charge on any atom is 0.189 e. The Morgan fingerprint density at radius 2 is 0.581 bits per heavy atom. The van der Waals surface area contributed by atoms with Crippen molar-refractivity contribution in [1.82, 2.24) is 22.8 Å². The summed E-state index contributed by atoms with van der Waals surface area (Å²) < 4.78 is 13.8. The van der Waals surface area contributed by atoms with E-state index in [0.717, 1.165) is 27.5 Å². The number of nitriles is 1. The van der Waals surface area contributed by atoms with Crippen LogP contribution in [-0.4, -0.2) is 22.8 Å². The van der Waals surface area contributed by atoms with Gasteiger partial charge in [-0.25, -0.2) is 14.5 Å². The lowest BCUT2D eigenvalue weighted by Gasteiger charge is -2.22. The molecule has 1 aliphatic carbocycles. The van der Waals surface area contributed by atoms with Crippen LogP contribution in [0.15, 0.2) is 370 Å². The van der Waals surface area contributed by atoms with Gasteiger partial charge in [0.15, 0.2) is 17.1 Å². The van der Waals surface area contributed by atoms with Gasteiger partial charge in [-0.3, -0.25) is 0 Å². The molecule has 0 atom stereocenters. The first-order valence-corrected chi connectivity index (χ1v) is 44.2. The van der Waals surface area contributed by atoms with E-state index in [2.05, 4.69) is 407 Å². The van der Waals surface area contributed by atoms with Crippen LogP contribution in [0.3, 0.4) is 0 Å². The molecule has 6 heterocycles. The fourth-order valence-electron chi connectivity index (χ4n) is 20.7. The van der Waals surface area contributed by atoms with Crippen LogP contribution >= 0.6 is 11.3 Å². The third kappa shape index (κ3) is 12.4. The average Bonchev–Trinajstić information content (AvgIpc) is 1.45. The molecule has 0 unspecified atom stereocenters. The number of para-hydroxylation sites is 2. The number of hydrogen-bond donors (Lipinski definition) is 0. The van der Waals surface area contributed by atoms with Crippen LogP contribution in [0.1, 0.15) is 30.5 Å². The summed E-state index contributed by atoms with van der Waals surface area (Å²) in [5, 5.41) is 31.8. The van der Waals surface area contributed by atoms with Gasteiger partial charge >= 0.3 is 0 Å². The largest absolute Gasteiger partial charge is 0.345 e. The van der Waals surface area contributed by atoms with Gasteiger partial charge < -0.3 is 22.8 Å². The zero-order valence-electron chi connectivity index (χ0n) is 71.7. The van der Waals surface area contributed by atoms with Crippen molar-refractivity contribution in [3.8, 4) is 67.4 Å². The van der Waals surface area contributed by atoms with Gasteiger partial charge in [0.25, 0.3) is 0 Å². The molecule has 0 spiro atoms. The Morgan fingerprint density at radius 1 is 0.248 bits per heavy atom. The molecule has 0 saturated carbocycles. The Labute approximate surface area is 748 Å². The van der Waals surface area contributed by atoms with Gasteiger partial charge in [-0.05, 0) is 250 Å². The van der Waals surface area contributed by atoms with Gasteiger partial charge in [0.1, 0.15) is 0 Å². The Balaban J connectivity index is 0.0000000984. The summed E-state index contributed by atoms with van der Waals surface area (Å²) in [6.45, 7) is 26.7. The molecule has 1 aliphatic rings. The van der Waals surface area contributed by atoms with E-state index >= 15 is 0 Å². The average molecular weight is 1670 g/mol. The molecule has 6 aromatic heterocycles. The van der Waals surface area contributed by atoms with E-state index in [4.69, 9.17) is 19.7 Å². The van der Waals surface area contributed by atoms with Gasteiger partial charge in [0.05, 0.1) is 47.9 Å². The summed E-state index contributed by atoms with van der Waals surface area (Å²) in [6, 6.07) is 134. The molecular weight excluding hydrogens is 1590 g/mol. The Hall–Kier alpha value is -16.9. The quantitative estimate of drug-likeness (QED) is 0.125. The Bertz CT molecular complexity index is 9250. The summed E-state index contributed by atoms with van der Waals surface area (Å²) in [7, 11) is 8.31. The zero-order valence-corrected chi connectivity index (χ0v) is 72.5. The van der Waals surface area contributed by atoms with Gasteiger partial charge in [-0.2, -0.15) is 5.26 Å². The van der Waals surface area contributed by atoms with Crippen LogP contribution in [0.2, 0.25) is 0 Å². The highest BCUT2D eigenvalue weighted by atomic mass is 32.1. The van der Waals surface area contributed by atoms with E-state index in [1.54, 1.807) is 0 Å². The van der Waals surface area contributed by atoms with E-state index in [1.165, 1.54) is 207 Å². The molecule has 10 heteroatoms. The molecule has 0 saturated heterocycles. The molecular formula is C119H79N9S. The number of rotatable bonds is 5. The summed E-state index contributed by atoms with van der Waals surface area (Å²) in [6.07, 6.45) is 0. The molecule has 0 radical (unpaired) electrons. The lowest BCUT2D eigenvalue weighted by molar-refractivity contribution is 0.660. The van der Waals surface area contributed by atoms with Crippen LogP contribution in [0.4, 0.5) is 17.1 Å². The standard InChI is InChI=1S/C32H21N3.C32H20N2.C29H22N2.C26H16N2S/c1-33-23-14-15-26-27-18-21(12-16-29(27)34(2)32(26)20-23)22-13-17-31-28(19-22)25-10-6-7-11-30(25)35(31)24-8-4-3-5-9-24;1-34-31-15-12-22(18-30(31)28-13-10-20(19-33)16-32(28)34)21-11-14-27-25-8-3-2-6-23(25)24-7-4-5-9-26(24)29(27)17-21;1-29(2)25-8-6-5-7-21(25)22-12-9-19(16-26(22)29)18-10-13-27-23(15-18)24-17-20(30-3)11-14-28(24)31(27)4;1-27-18-9-10-19-21-13-16(7-11-23(21)28(2)24(19)15-18)17-8-12-26-22(14-17)20-5-3-4-6-25(20)29-26/h3-20H,2H3;2-18H,1H3;5-17H,1-2,4H3;3-15H,2H3. The second kappa shape index (κ2) is 30.2. The van der Waals surface area contributed by atoms with Crippen LogP contribution in [-0.2, 0) is 33.6 Å². The predicted octanol–water partition coefficient (Wildman–Crippen LogP) is 32.7. The van der Waals surface area contributed by atoms with Gasteiger partial charge in [0, 0.05) is 147 Å². The number of hydrogen-bond acceptors (Lipinski definition) is 2. The Kier molecular flexibility index (Phi) is 18.0. The molecule has 0 N–H and O–H groups in total. The summed E-state index contributed by atoms with van der Waals surface area (Å²) in [4.78, 5) is 10.8. The maximum atomic E-state index is 9.32. The second-order valence-electron chi connectivity index (χ2n) is 34.5. The molecule has 9 nitrogen and oxygen atoms in total. The SMILES string of the molecule is Cn1c2ccc(-c3ccc4c5ccccc5c5ccccc5c4c3)cc2c2ccc(C#N)cc21.[C-]#[N+]c1ccc2c(c1)c1cc(-c3ccc4c(c3)C(C)(C)c3ccccc3-4)ccc1n2C.[C-]#[N+]c1ccc2c3cc(-c4ccc5c(c4)c4ccccc4n5-c4ccccc4)ccc3n(C)c2c1.[C-]#[N+]c1ccc2c3cc(-c4ccc5sc6ccccc6c5c4)ccc3n(C)c2c1. The predicted molar refractivity (Wildman–Crippen MR) is 544 cm³/mol. The molecule has 0 fully saturated rings. The highest BCUT2D eigenvalue weighted by Gasteiger charge is 2.35. The fourth-order valence-corrected chi connectivity index (χ4v) is 21.8. The molecule has 606 valence electrons. The summed E-state index contributed by atoms with van der Waals surface area (Å²) in [5.74, 6) is 0. The minimum atomic E-state index is -0.00395. The maximum absolute atomic E-state index is 9.32.